The number of amides is 1. The van der Waals surface area contributed by atoms with Gasteiger partial charge in [0, 0.05) is 39.3 Å². The van der Waals surface area contributed by atoms with Crippen LogP contribution in [-0.4, -0.2) is 85.9 Å². The van der Waals surface area contributed by atoms with Gasteiger partial charge < -0.3 is 15.2 Å². The lowest BCUT2D eigenvalue weighted by Crippen LogP contribution is -2.50. The van der Waals surface area contributed by atoms with E-state index in [1.54, 1.807) is 0 Å². The number of aliphatic hydroxyl groups is 1. The lowest BCUT2D eigenvalue weighted by atomic mass is 9.88. The van der Waals surface area contributed by atoms with Crippen molar-refractivity contribution in [3.05, 3.63) is 0 Å². The van der Waals surface area contributed by atoms with Crippen molar-refractivity contribution in [2.45, 2.75) is 38.7 Å². The fraction of sp³-hybridized carbons (Fsp3) is 0.941. The summed E-state index contributed by atoms with van der Waals surface area (Å²) in [6.07, 6.45) is 5.39. The first-order chi connectivity index (χ1) is 11.2. The molecule has 1 heterocycles. The van der Waals surface area contributed by atoms with Crippen molar-refractivity contribution in [2.24, 2.45) is 5.92 Å². The van der Waals surface area contributed by atoms with Gasteiger partial charge in [-0.25, -0.2) is 0 Å². The first kappa shape index (κ1) is 18.6. The second kappa shape index (κ2) is 10.2. The number of nitrogens with zero attached hydrogens (tertiary/aromatic N) is 2. The minimum absolute atomic E-state index is 0.0842. The average molecular weight is 327 g/mol. The monoisotopic (exact) mass is 327 g/mol. The molecule has 6 nitrogen and oxygen atoms in total. The van der Waals surface area contributed by atoms with Crippen molar-refractivity contribution in [3.63, 3.8) is 0 Å². The van der Waals surface area contributed by atoms with E-state index in [1.165, 1.54) is 19.3 Å². The molecule has 1 aliphatic carbocycles. The maximum atomic E-state index is 12.0. The molecule has 2 aliphatic rings. The van der Waals surface area contributed by atoms with E-state index >= 15 is 0 Å². The molecule has 1 amide bonds. The quantitative estimate of drug-likeness (QED) is 0.628. The van der Waals surface area contributed by atoms with Gasteiger partial charge in [-0.05, 0) is 18.8 Å². The van der Waals surface area contributed by atoms with Gasteiger partial charge >= 0.3 is 0 Å². The topological polar surface area (TPSA) is 65.0 Å². The molecule has 1 saturated heterocycles. The highest BCUT2D eigenvalue weighted by Crippen LogP contribution is 2.25. The van der Waals surface area contributed by atoms with Gasteiger partial charge in [0.15, 0.2) is 0 Å². The van der Waals surface area contributed by atoms with Crippen molar-refractivity contribution >= 4 is 5.91 Å². The number of rotatable bonds is 8. The van der Waals surface area contributed by atoms with E-state index in [1.807, 2.05) is 0 Å². The van der Waals surface area contributed by atoms with Crippen LogP contribution < -0.4 is 5.32 Å². The Kier molecular flexibility index (Phi) is 8.30. The third-order valence-corrected chi connectivity index (χ3v) is 5.04. The number of β-amino-alcohol motifs (C(OH)–C–C–N with tert-alkyl or cyclic N) is 1. The van der Waals surface area contributed by atoms with E-state index in [9.17, 15) is 4.79 Å². The molecular formula is C17H33N3O3. The van der Waals surface area contributed by atoms with Crippen LogP contribution in [-0.2, 0) is 9.53 Å². The largest absolute Gasteiger partial charge is 0.395 e. The average Bonchev–Trinajstić information content (AvgIpc) is 2.55. The van der Waals surface area contributed by atoms with Crippen LogP contribution in [0.5, 0.6) is 0 Å². The zero-order chi connectivity index (χ0) is 16.5. The summed E-state index contributed by atoms with van der Waals surface area (Å²) < 4.78 is 5.92. The van der Waals surface area contributed by atoms with Crippen LogP contribution in [0.25, 0.3) is 0 Å². The molecule has 0 aromatic heterocycles. The van der Waals surface area contributed by atoms with Crippen molar-refractivity contribution < 1.29 is 14.6 Å². The molecule has 0 aromatic rings. The number of ether oxygens (including phenoxy) is 1. The zero-order valence-corrected chi connectivity index (χ0v) is 14.5. The third kappa shape index (κ3) is 6.75. The van der Waals surface area contributed by atoms with Crippen molar-refractivity contribution in [1.82, 2.24) is 15.1 Å². The fourth-order valence-electron chi connectivity index (χ4n) is 3.50. The number of aliphatic hydroxyl groups excluding tert-OH is 1. The standard InChI is InChI=1S/C17H33N3O3/c1-15-4-2-3-5-16(15)23-13-6-18-17(22)14-20-9-7-19(8-10-20)11-12-21/h15-16,21H,2-14H2,1H3,(H,18,22)/t15-,16-/m1/s1. The van der Waals surface area contributed by atoms with Gasteiger partial charge in [0.05, 0.1) is 25.9 Å². The summed E-state index contributed by atoms with van der Waals surface area (Å²) in [7, 11) is 0. The molecule has 0 aromatic carbocycles. The lowest BCUT2D eigenvalue weighted by Gasteiger charge is -2.33. The van der Waals surface area contributed by atoms with Gasteiger partial charge in [0.2, 0.25) is 5.91 Å². The molecule has 2 fully saturated rings. The predicted molar refractivity (Wildman–Crippen MR) is 90.3 cm³/mol. The van der Waals surface area contributed by atoms with E-state index in [0.29, 0.717) is 31.7 Å². The first-order valence-corrected chi connectivity index (χ1v) is 9.13. The third-order valence-electron chi connectivity index (χ3n) is 5.04. The summed E-state index contributed by atoms with van der Waals surface area (Å²) in [6.45, 7) is 8.53. The molecule has 0 bridgehead atoms. The minimum Gasteiger partial charge on any atom is -0.395 e. The summed E-state index contributed by atoms with van der Waals surface area (Å²) in [5.74, 6) is 0.732. The number of carbonyl (C=O) groups excluding carboxylic acids is 1. The van der Waals surface area contributed by atoms with Crippen molar-refractivity contribution in [3.8, 4) is 0 Å². The van der Waals surface area contributed by atoms with Crippen LogP contribution in [0, 0.1) is 5.92 Å². The van der Waals surface area contributed by atoms with Crippen LogP contribution in [0.15, 0.2) is 0 Å². The smallest absolute Gasteiger partial charge is 0.234 e. The SMILES string of the molecule is C[C@@H]1CCCC[C@H]1OCCNC(=O)CN1CCN(CCO)CC1. The molecule has 1 saturated carbocycles. The van der Waals surface area contributed by atoms with Gasteiger partial charge in [0.25, 0.3) is 0 Å². The Morgan fingerprint density at radius 1 is 1.17 bits per heavy atom. The zero-order valence-electron chi connectivity index (χ0n) is 14.5. The molecule has 2 N–H and O–H groups in total. The summed E-state index contributed by atoms with van der Waals surface area (Å²) in [5.41, 5.74) is 0. The van der Waals surface area contributed by atoms with Gasteiger partial charge in [-0.2, -0.15) is 0 Å². The Hall–Kier alpha value is -0.690. The number of hydrogen-bond acceptors (Lipinski definition) is 5. The van der Waals surface area contributed by atoms with Gasteiger partial charge in [0.1, 0.15) is 0 Å². The maximum Gasteiger partial charge on any atom is 0.234 e. The molecule has 23 heavy (non-hydrogen) atoms. The van der Waals surface area contributed by atoms with Crippen LogP contribution in [0.3, 0.4) is 0 Å². The minimum atomic E-state index is 0.0842. The molecular weight excluding hydrogens is 294 g/mol. The van der Waals surface area contributed by atoms with Gasteiger partial charge in [-0.1, -0.05) is 19.8 Å². The lowest BCUT2D eigenvalue weighted by molar-refractivity contribution is -0.123. The Morgan fingerprint density at radius 2 is 1.87 bits per heavy atom. The van der Waals surface area contributed by atoms with Crippen LogP contribution in [0.1, 0.15) is 32.6 Å². The summed E-state index contributed by atoms with van der Waals surface area (Å²) >= 11 is 0. The fourth-order valence-corrected chi connectivity index (χ4v) is 3.50. The maximum absolute atomic E-state index is 12.0. The Bertz CT molecular complexity index is 346. The van der Waals surface area contributed by atoms with Crippen molar-refractivity contribution in [1.29, 1.82) is 0 Å². The van der Waals surface area contributed by atoms with Gasteiger partial charge in [-0.15, -0.1) is 0 Å². The molecule has 6 heteroatoms. The Labute approximate surface area is 140 Å². The number of piperazine rings is 1. The van der Waals surface area contributed by atoms with E-state index in [0.717, 1.165) is 39.1 Å². The number of carbonyl (C=O) groups is 1. The Morgan fingerprint density at radius 3 is 2.57 bits per heavy atom. The second-order valence-corrected chi connectivity index (χ2v) is 6.86. The van der Waals surface area contributed by atoms with Crippen LogP contribution >= 0.6 is 0 Å². The van der Waals surface area contributed by atoms with Gasteiger partial charge in [-0.3, -0.25) is 14.6 Å². The molecule has 1 aliphatic heterocycles. The highest BCUT2D eigenvalue weighted by molar-refractivity contribution is 5.77. The van der Waals surface area contributed by atoms with E-state index in [4.69, 9.17) is 9.84 Å². The summed E-state index contributed by atoms with van der Waals surface area (Å²) in [4.78, 5) is 16.4. The molecule has 0 unspecified atom stereocenters. The number of nitrogens with one attached hydrogen (secondary N) is 1. The second-order valence-electron chi connectivity index (χ2n) is 6.86. The molecule has 0 spiro atoms. The van der Waals surface area contributed by atoms with Crippen molar-refractivity contribution in [2.75, 3.05) is 59.0 Å². The van der Waals surface area contributed by atoms with Crippen LogP contribution in [0.4, 0.5) is 0 Å². The number of hydrogen-bond donors (Lipinski definition) is 2. The predicted octanol–water partition coefficient (Wildman–Crippen LogP) is 0.308. The summed E-state index contributed by atoms with van der Waals surface area (Å²) in [6, 6.07) is 0. The molecule has 2 rings (SSSR count). The Balaban J connectivity index is 1.52. The van der Waals surface area contributed by atoms with E-state index < -0.39 is 0 Å². The van der Waals surface area contributed by atoms with E-state index in [-0.39, 0.29) is 12.5 Å². The summed E-state index contributed by atoms with van der Waals surface area (Å²) in [5, 5.41) is 11.9. The first-order valence-electron chi connectivity index (χ1n) is 9.13. The van der Waals surface area contributed by atoms with Crippen LogP contribution in [0.2, 0.25) is 0 Å². The highest BCUT2D eigenvalue weighted by atomic mass is 16.5. The molecule has 0 radical (unpaired) electrons. The molecule has 2 atom stereocenters. The van der Waals surface area contributed by atoms with E-state index in [2.05, 4.69) is 22.0 Å². The molecule has 134 valence electrons. The normalized spacial score (nSPS) is 27.0. The highest BCUT2D eigenvalue weighted by Gasteiger charge is 2.22.